The zero-order valence-corrected chi connectivity index (χ0v) is 12.2. The molecule has 0 aromatic heterocycles. The predicted octanol–water partition coefficient (Wildman–Crippen LogP) is 4.13. The molecule has 1 fully saturated rings. The average Bonchev–Trinajstić information content (AvgIpc) is 2.47. The van der Waals surface area contributed by atoms with Crippen molar-refractivity contribution in [2.45, 2.75) is 51.0 Å². The van der Waals surface area contributed by atoms with Gasteiger partial charge in [0.25, 0.3) is 0 Å². The average molecular weight is 301 g/mol. The zero-order chi connectivity index (χ0) is 15.5. The Kier molecular flexibility index (Phi) is 4.94. The van der Waals surface area contributed by atoms with Crippen LogP contribution in [0, 0.1) is 5.92 Å². The van der Waals surface area contributed by atoms with Gasteiger partial charge in [0.2, 0.25) is 0 Å². The highest BCUT2D eigenvalue weighted by atomic mass is 19.4. The lowest BCUT2D eigenvalue weighted by Crippen LogP contribution is -2.43. The van der Waals surface area contributed by atoms with Crippen LogP contribution < -0.4 is 5.73 Å². The molecule has 2 nitrogen and oxygen atoms in total. The van der Waals surface area contributed by atoms with E-state index in [9.17, 15) is 13.2 Å². The zero-order valence-electron chi connectivity index (χ0n) is 12.2. The van der Waals surface area contributed by atoms with Crippen molar-refractivity contribution in [1.29, 1.82) is 0 Å². The number of nitrogens with two attached hydrogens (primary N) is 1. The number of benzene rings is 1. The van der Waals surface area contributed by atoms with E-state index >= 15 is 0 Å². The lowest BCUT2D eigenvalue weighted by molar-refractivity contribution is -0.137. The Morgan fingerprint density at radius 3 is 2.24 bits per heavy atom. The fourth-order valence-electron chi connectivity index (χ4n) is 2.72. The van der Waals surface area contributed by atoms with E-state index in [1.807, 2.05) is 0 Å². The van der Waals surface area contributed by atoms with Crippen molar-refractivity contribution >= 4 is 0 Å². The highest BCUT2D eigenvalue weighted by molar-refractivity contribution is 5.24. The third-order valence-electron chi connectivity index (χ3n) is 4.38. The van der Waals surface area contributed by atoms with Gasteiger partial charge in [-0.3, -0.25) is 0 Å². The van der Waals surface area contributed by atoms with Gasteiger partial charge in [0.05, 0.1) is 17.8 Å². The van der Waals surface area contributed by atoms with E-state index in [1.54, 1.807) is 0 Å². The molecule has 0 spiro atoms. The molecule has 0 amide bonds. The minimum atomic E-state index is -4.29. The van der Waals surface area contributed by atoms with Gasteiger partial charge < -0.3 is 10.5 Å². The van der Waals surface area contributed by atoms with E-state index in [2.05, 4.69) is 6.92 Å². The van der Waals surface area contributed by atoms with Gasteiger partial charge in [0.1, 0.15) is 0 Å². The topological polar surface area (TPSA) is 35.2 Å². The van der Waals surface area contributed by atoms with E-state index in [0.29, 0.717) is 19.1 Å². The summed E-state index contributed by atoms with van der Waals surface area (Å²) in [7, 11) is 0. The highest BCUT2D eigenvalue weighted by Crippen LogP contribution is 2.35. The number of rotatable bonds is 4. The van der Waals surface area contributed by atoms with Crippen LogP contribution in [-0.4, -0.2) is 12.1 Å². The van der Waals surface area contributed by atoms with Crippen molar-refractivity contribution in [1.82, 2.24) is 0 Å². The molecule has 1 saturated carbocycles. The molecule has 0 atom stereocenters. The quantitative estimate of drug-likeness (QED) is 0.907. The van der Waals surface area contributed by atoms with E-state index in [1.165, 1.54) is 12.1 Å². The normalized spacial score (nSPS) is 26.8. The standard InChI is InChI=1S/C16H22F3NO/c1-12-6-8-15(11-20,9-7-12)21-10-13-2-4-14(5-3-13)16(17,18)19/h2-5,12H,6-11,20H2,1H3. The third-order valence-corrected chi connectivity index (χ3v) is 4.38. The molecule has 118 valence electrons. The van der Waals surface area contributed by atoms with Crippen molar-refractivity contribution in [3.8, 4) is 0 Å². The molecular weight excluding hydrogens is 279 g/mol. The maximum atomic E-state index is 12.5. The van der Waals surface area contributed by atoms with Crippen LogP contribution in [0.5, 0.6) is 0 Å². The van der Waals surface area contributed by atoms with Gasteiger partial charge >= 0.3 is 6.18 Å². The van der Waals surface area contributed by atoms with Crippen LogP contribution >= 0.6 is 0 Å². The highest BCUT2D eigenvalue weighted by Gasteiger charge is 2.34. The Hall–Kier alpha value is -1.07. The van der Waals surface area contributed by atoms with Gasteiger partial charge in [-0.15, -0.1) is 0 Å². The smallest absolute Gasteiger partial charge is 0.369 e. The summed E-state index contributed by atoms with van der Waals surface area (Å²) < 4.78 is 43.5. The van der Waals surface area contributed by atoms with Crippen LogP contribution in [0.2, 0.25) is 0 Å². The van der Waals surface area contributed by atoms with Gasteiger partial charge in [0.15, 0.2) is 0 Å². The van der Waals surface area contributed by atoms with E-state index in [4.69, 9.17) is 10.5 Å². The molecule has 0 radical (unpaired) electrons. The van der Waals surface area contributed by atoms with Crippen LogP contribution in [0.15, 0.2) is 24.3 Å². The third kappa shape index (κ3) is 4.20. The lowest BCUT2D eigenvalue weighted by Gasteiger charge is -2.38. The Labute approximate surface area is 123 Å². The molecular formula is C16H22F3NO. The first-order chi connectivity index (χ1) is 9.85. The van der Waals surface area contributed by atoms with E-state index < -0.39 is 11.7 Å². The van der Waals surface area contributed by atoms with Crippen LogP contribution in [0.1, 0.15) is 43.7 Å². The van der Waals surface area contributed by atoms with Crippen LogP contribution in [0.25, 0.3) is 0 Å². The molecule has 0 bridgehead atoms. The number of halogens is 3. The fourth-order valence-corrected chi connectivity index (χ4v) is 2.72. The largest absolute Gasteiger partial charge is 0.416 e. The summed E-state index contributed by atoms with van der Waals surface area (Å²) in [6.45, 7) is 2.99. The number of hydrogen-bond acceptors (Lipinski definition) is 2. The van der Waals surface area contributed by atoms with E-state index in [0.717, 1.165) is 43.4 Å². The summed E-state index contributed by atoms with van der Waals surface area (Å²) in [4.78, 5) is 0. The molecule has 1 aliphatic rings. The second-order valence-corrected chi connectivity index (χ2v) is 6.05. The molecule has 5 heteroatoms. The second kappa shape index (κ2) is 6.36. The summed E-state index contributed by atoms with van der Waals surface area (Å²) >= 11 is 0. The first-order valence-electron chi connectivity index (χ1n) is 7.35. The van der Waals surface area contributed by atoms with Crippen LogP contribution in [-0.2, 0) is 17.5 Å². The monoisotopic (exact) mass is 301 g/mol. The van der Waals surface area contributed by atoms with Gasteiger partial charge in [-0.25, -0.2) is 0 Å². The van der Waals surface area contributed by atoms with Crippen molar-refractivity contribution < 1.29 is 17.9 Å². The summed E-state index contributed by atoms with van der Waals surface area (Å²) in [6, 6.07) is 5.13. The molecule has 2 N–H and O–H groups in total. The molecule has 0 aliphatic heterocycles. The minimum Gasteiger partial charge on any atom is -0.369 e. The summed E-state index contributed by atoms with van der Waals surface area (Å²) in [5.41, 5.74) is 5.66. The van der Waals surface area contributed by atoms with Gasteiger partial charge in [-0.05, 0) is 49.3 Å². The molecule has 0 heterocycles. The number of ether oxygens (including phenoxy) is 1. The Morgan fingerprint density at radius 1 is 1.19 bits per heavy atom. The molecule has 1 aromatic carbocycles. The van der Waals surface area contributed by atoms with Crippen molar-refractivity contribution in [2.24, 2.45) is 11.7 Å². The maximum absolute atomic E-state index is 12.5. The number of alkyl halides is 3. The molecule has 0 unspecified atom stereocenters. The molecule has 21 heavy (non-hydrogen) atoms. The van der Waals surface area contributed by atoms with Gasteiger partial charge in [-0.2, -0.15) is 13.2 Å². The van der Waals surface area contributed by atoms with Gasteiger partial charge in [0, 0.05) is 6.54 Å². The van der Waals surface area contributed by atoms with Crippen molar-refractivity contribution in [2.75, 3.05) is 6.54 Å². The minimum absolute atomic E-state index is 0.309. The van der Waals surface area contributed by atoms with Crippen LogP contribution in [0.3, 0.4) is 0 Å². The van der Waals surface area contributed by atoms with E-state index in [-0.39, 0.29) is 5.60 Å². The summed E-state index contributed by atoms with van der Waals surface area (Å²) in [6.07, 6.45) is -0.275. The van der Waals surface area contributed by atoms with Crippen molar-refractivity contribution in [3.63, 3.8) is 0 Å². The number of hydrogen-bond donors (Lipinski definition) is 1. The van der Waals surface area contributed by atoms with Crippen molar-refractivity contribution in [3.05, 3.63) is 35.4 Å². The Morgan fingerprint density at radius 2 is 1.76 bits per heavy atom. The fraction of sp³-hybridized carbons (Fsp3) is 0.625. The Bertz CT molecular complexity index is 448. The maximum Gasteiger partial charge on any atom is 0.416 e. The Balaban J connectivity index is 1.95. The first kappa shape index (κ1) is 16.3. The lowest BCUT2D eigenvalue weighted by atomic mass is 9.79. The molecule has 1 aliphatic carbocycles. The van der Waals surface area contributed by atoms with Crippen LogP contribution in [0.4, 0.5) is 13.2 Å². The molecule has 0 saturated heterocycles. The molecule has 2 rings (SSSR count). The van der Waals surface area contributed by atoms with Gasteiger partial charge in [-0.1, -0.05) is 19.1 Å². The SMILES string of the molecule is CC1CCC(CN)(OCc2ccc(C(F)(F)F)cc2)CC1. The summed E-state index contributed by atoms with van der Waals surface area (Å²) in [5, 5.41) is 0. The molecule has 1 aromatic rings. The predicted molar refractivity (Wildman–Crippen MR) is 75.7 cm³/mol. The first-order valence-corrected chi connectivity index (χ1v) is 7.35. The summed E-state index contributed by atoms with van der Waals surface area (Å²) in [5.74, 6) is 0.694. The second-order valence-electron chi connectivity index (χ2n) is 6.05.